The van der Waals surface area contributed by atoms with Gasteiger partial charge in [-0.1, -0.05) is 26.0 Å². The van der Waals surface area contributed by atoms with Crippen molar-refractivity contribution in [3.63, 3.8) is 0 Å². The lowest BCUT2D eigenvalue weighted by Gasteiger charge is -2.36. The molecule has 13 heteroatoms. The number of hydrogen-bond acceptors (Lipinski definition) is 6. The molecule has 0 atom stereocenters. The SMILES string of the molecule is CC1(C)CCC(S(=O)(=O)c2ccc3c(c2)C(=O)c2cc(S(=O)(=O)N4CCN(c5ccc(F)cc5C(F)(F)F)CC4)ccc2-3)CC1. The Morgan fingerprint density at radius 3 is 1.89 bits per heavy atom. The topological polar surface area (TPSA) is 91.8 Å². The molecule has 1 saturated heterocycles. The van der Waals surface area contributed by atoms with Crippen LogP contribution in [-0.4, -0.2) is 58.4 Å². The second kappa shape index (κ2) is 10.9. The second-order valence-electron chi connectivity index (χ2n) is 12.7. The third-order valence-corrected chi connectivity index (χ3v) is 13.5. The maximum Gasteiger partial charge on any atom is 0.418 e. The summed E-state index contributed by atoms with van der Waals surface area (Å²) in [4.78, 5) is 14.8. The summed E-state index contributed by atoms with van der Waals surface area (Å²) >= 11 is 0. The molecular formula is C32H32F4N2O5S2. The molecule has 45 heavy (non-hydrogen) atoms. The van der Waals surface area contributed by atoms with Gasteiger partial charge in [-0.15, -0.1) is 0 Å². The highest BCUT2D eigenvalue weighted by Crippen LogP contribution is 2.43. The van der Waals surface area contributed by atoms with Gasteiger partial charge in [0.05, 0.1) is 20.6 Å². The first-order valence-electron chi connectivity index (χ1n) is 14.7. The Kier molecular flexibility index (Phi) is 7.68. The molecule has 3 aliphatic rings. The van der Waals surface area contributed by atoms with Gasteiger partial charge in [0.1, 0.15) is 5.82 Å². The molecule has 1 heterocycles. The summed E-state index contributed by atoms with van der Waals surface area (Å²) in [6.07, 6.45) is -2.11. The highest BCUT2D eigenvalue weighted by molar-refractivity contribution is 7.92. The van der Waals surface area contributed by atoms with E-state index in [0.29, 0.717) is 30.0 Å². The number of sulfonamides is 1. The van der Waals surface area contributed by atoms with Gasteiger partial charge in [0.15, 0.2) is 15.6 Å². The summed E-state index contributed by atoms with van der Waals surface area (Å²) < 4.78 is 109. The number of anilines is 1. The average Bonchev–Trinajstić information content (AvgIpc) is 3.27. The summed E-state index contributed by atoms with van der Waals surface area (Å²) in [6.45, 7) is 3.88. The fraction of sp³-hybridized carbons (Fsp3) is 0.406. The minimum Gasteiger partial charge on any atom is -0.368 e. The Balaban J connectivity index is 1.21. The molecule has 2 aliphatic carbocycles. The number of nitrogens with zero attached hydrogens (tertiary/aromatic N) is 2. The molecule has 0 radical (unpaired) electrons. The highest BCUT2D eigenvalue weighted by atomic mass is 32.2. The minimum absolute atomic E-state index is 0.0566. The molecule has 0 N–H and O–H groups in total. The van der Waals surface area contributed by atoms with Crippen LogP contribution in [0.5, 0.6) is 0 Å². The Morgan fingerprint density at radius 2 is 1.31 bits per heavy atom. The van der Waals surface area contributed by atoms with Gasteiger partial charge in [0.25, 0.3) is 0 Å². The van der Waals surface area contributed by atoms with Crippen molar-refractivity contribution >= 4 is 31.3 Å². The predicted octanol–water partition coefficient (Wildman–Crippen LogP) is 6.31. The van der Waals surface area contributed by atoms with Crippen LogP contribution in [0.1, 0.15) is 61.0 Å². The van der Waals surface area contributed by atoms with E-state index in [-0.39, 0.29) is 58.2 Å². The highest BCUT2D eigenvalue weighted by Gasteiger charge is 2.39. The van der Waals surface area contributed by atoms with Crippen LogP contribution in [0.4, 0.5) is 23.2 Å². The van der Waals surface area contributed by atoms with Crippen molar-refractivity contribution in [2.24, 2.45) is 5.41 Å². The van der Waals surface area contributed by atoms with E-state index in [1.54, 1.807) is 6.07 Å². The van der Waals surface area contributed by atoms with Gasteiger partial charge < -0.3 is 4.90 Å². The Labute approximate surface area is 259 Å². The van der Waals surface area contributed by atoms with Gasteiger partial charge in [-0.25, -0.2) is 21.2 Å². The zero-order chi connectivity index (χ0) is 32.5. The van der Waals surface area contributed by atoms with Crippen LogP contribution in [0.3, 0.4) is 0 Å². The number of carbonyl (C=O) groups is 1. The molecule has 1 aliphatic heterocycles. The maximum atomic E-state index is 13.6. The third kappa shape index (κ3) is 5.67. The molecule has 0 bridgehead atoms. The van der Waals surface area contributed by atoms with Crippen LogP contribution in [0.15, 0.2) is 64.4 Å². The number of fused-ring (bicyclic) bond motifs is 3. The van der Waals surface area contributed by atoms with Gasteiger partial charge >= 0.3 is 6.18 Å². The van der Waals surface area contributed by atoms with Crippen molar-refractivity contribution in [1.29, 1.82) is 0 Å². The van der Waals surface area contributed by atoms with E-state index in [1.807, 2.05) is 0 Å². The standard InChI is InChI=1S/C32H32F4N2O5S2/c1-31(2)11-9-21(10-12-31)44(40,41)22-4-6-24-25-7-5-23(19-27(25)30(39)26(24)18-22)45(42,43)38-15-13-37(14-16-38)29-8-3-20(33)17-28(29)32(34,35)36/h3-8,17-19,21H,9-16H2,1-2H3. The average molecular weight is 665 g/mol. The lowest BCUT2D eigenvalue weighted by Crippen LogP contribution is -2.49. The monoisotopic (exact) mass is 664 g/mol. The van der Waals surface area contributed by atoms with Gasteiger partial charge in [-0.2, -0.15) is 17.5 Å². The molecule has 0 spiro atoms. The van der Waals surface area contributed by atoms with Crippen molar-refractivity contribution < 1.29 is 39.2 Å². The van der Waals surface area contributed by atoms with E-state index in [9.17, 15) is 39.2 Å². The first kappa shape index (κ1) is 31.7. The molecular weight excluding hydrogens is 632 g/mol. The number of alkyl halides is 3. The smallest absolute Gasteiger partial charge is 0.368 e. The zero-order valence-corrected chi connectivity index (χ0v) is 26.3. The summed E-state index contributed by atoms with van der Waals surface area (Å²) in [5.41, 5.74) is 0.0933. The van der Waals surface area contributed by atoms with Gasteiger partial charge in [0.2, 0.25) is 10.0 Å². The Hall–Kier alpha value is -3.29. The van der Waals surface area contributed by atoms with Gasteiger partial charge in [0, 0.05) is 43.0 Å². The fourth-order valence-corrected chi connectivity index (χ4v) is 9.81. The molecule has 6 rings (SSSR count). The first-order valence-corrected chi connectivity index (χ1v) is 17.7. The third-order valence-electron chi connectivity index (χ3n) is 9.30. The number of piperazine rings is 1. The van der Waals surface area contributed by atoms with Gasteiger partial charge in [-0.3, -0.25) is 4.79 Å². The van der Waals surface area contributed by atoms with Crippen molar-refractivity contribution in [2.75, 3.05) is 31.1 Å². The number of hydrogen-bond donors (Lipinski definition) is 0. The van der Waals surface area contributed by atoms with Crippen LogP contribution in [0.25, 0.3) is 11.1 Å². The van der Waals surface area contributed by atoms with Gasteiger partial charge in [-0.05, 0) is 84.7 Å². The van der Waals surface area contributed by atoms with Crippen molar-refractivity contribution in [3.05, 3.63) is 77.1 Å². The molecule has 240 valence electrons. The fourth-order valence-electron chi connectivity index (χ4n) is 6.58. The van der Waals surface area contributed by atoms with Crippen LogP contribution in [0.2, 0.25) is 0 Å². The van der Waals surface area contributed by atoms with Crippen LogP contribution >= 0.6 is 0 Å². The maximum absolute atomic E-state index is 13.6. The van der Waals surface area contributed by atoms with E-state index in [1.165, 1.54) is 35.2 Å². The molecule has 0 aromatic heterocycles. The van der Waals surface area contributed by atoms with E-state index in [2.05, 4.69) is 13.8 Å². The molecule has 3 aromatic carbocycles. The van der Waals surface area contributed by atoms with E-state index >= 15 is 0 Å². The van der Waals surface area contributed by atoms with Crippen molar-refractivity contribution in [1.82, 2.24) is 4.31 Å². The number of carbonyl (C=O) groups excluding carboxylic acids is 1. The summed E-state index contributed by atoms with van der Waals surface area (Å²) in [7, 11) is -7.79. The molecule has 0 unspecified atom stereocenters. The van der Waals surface area contributed by atoms with Crippen LogP contribution < -0.4 is 4.90 Å². The first-order chi connectivity index (χ1) is 21.0. The number of benzene rings is 3. The number of ketones is 1. The normalized spacial score (nSPS) is 19.4. The quantitative estimate of drug-likeness (QED) is 0.233. The summed E-state index contributed by atoms with van der Waals surface area (Å²) in [6, 6.07) is 11.1. The molecule has 0 amide bonds. The van der Waals surface area contributed by atoms with Crippen LogP contribution in [0, 0.1) is 11.2 Å². The van der Waals surface area contributed by atoms with E-state index < -0.39 is 48.5 Å². The second-order valence-corrected chi connectivity index (χ2v) is 16.9. The molecule has 3 aromatic rings. The van der Waals surface area contributed by atoms with Crippen molar-refractivity contribution in [2.45, 2.75) is 60.7 Å². The number of sulfone groups is 1. The van der Waals surface area contributed by atoms with Crippen molar-refractivity contribution in [3.8, 4) is 11.1 Å². The Morgan fingerprint density at radius 1 is 0.756 bits per heavy atom. The molecule has 1 saturated carbocycles. The summed E-state index contributed by atoms with van der Waals surface area (Å²) in [5, 5.41) is -0.525. The van der Waals surface area contributed by atoms with E-state index in [4.69, 9.17) is 0 Å². The Bertz CT molecular complexity index is 1910. The largest absolute Gasteiger partial charge is 0.418 e. The van der Waals surface area contributed by atoms with E-state index in [0.717, 1.165) is 29.3 Å². The lowest BCUT2D eigenvalue weighted by molar-refractivity contribution is -0.137. The zero-order valence-electron chi connectivity index (χ0n) is 24.7. The predicted molar refractivity (Wildman–Crippen MR) is 161 cm³/mol. The summed E-state index contributed by atoms with van der Waals surface area (Å²) in [5.74, 6) is -1.49. The number of rotatable bonds is 5. The lowest BCUT2D eigenvalue weighted by atomic mass is 9.77. The molecule has 7 nitrogen and oxygen atoms in total. The number of halogens is 4. The minimum atomic E-state index is -4.78. The van der Waals surface area contributed by atoms with Crippen LogP contribution in [-0.2, 0) is 26.0 Å². The molecule has 2 fully saturated rings.